The van der Waals surface area contributed by atoms with Crippen LogP contribution in [0.15, 0.2) is 36.4 Å². The van der Waals surface area contributed by atoms with Gasteiger partial charge in [-0.1, -0.05) is 6.07 Å². The highest BCUT2D eigenvalue weighted by Gasteiger charge is 2.36. The number of halogens is 6. The number of alkyl halides is 6. The smallest absolute Gasteiger partial charge is 0.374 e. The van der Waals surface area contributed by atoms with Crippen molar-refractivity contribution < 1.29 is 36.1 Å². The van der Waals surface area contributed by atoms with Gasteiger partial charge in [-0.05, 0) is 37.6 Å². The number of hydrogen-bond acceptors (Lipinski definition) is 4. The number of carbonyl (C=O) groups excluding carboxylic acids is 1. The molecule has 2 N–H and O–H groups in total. The summed E-state index contributed by atoms with van der Waals surface area (Å²) >= 11 is 0. The Labute approximate surface area is 166 Å². The monoisotopic (exact) mass is 435 g/mol. The van der Waals surface area contributed by atoms with Gasteiger partial charge in [-0.3, -0.25) is 14.9 Å². The van der Waals surface area contributed by atoms with E-state index in [1.54, 1.807) is 0 Å². The average molecular weight is 435 g/mol. The van der Waals surface area contributed by atoms with Crippen LogP contribution < -0.4 is 10.6 Å². The largest absolute Gasteiger partial charge is 0.418 e. The second kappa shape index (κ2) is 8.20. The molecule has 0 fully saturated rings. The summed E-state index contributed by atoms with van der Waals surface area (Å²) in [6.07, 6.45) is -9.60. The molecule has 1 amide bonds. The first kappa shape index (κ1) is 23.0. The van der Waals surface area contributed by atoms with Crippen LogP contribution in [0.3, 0.4) is 0 Å². The Morgan fingerprint density at radius 1 is 1.00 bits per heavy atom. The van der Waals surface area contributed by atoms with Gasteiger partial charge in [0.05, 0.1) is 21.7 Å². The van der Waals surface area contributed by atoms with E-state index < -0.39 is 51.7 Å². The van der Waals surface area contributed by atoms with Crippen molar-refractivity contribution in [2.45, 2.75) is 32.2 Å². The van der Waals surface area contributed by atoms with E-state index in [4.69, 9.17) is 0 Å². The number of nitro benzene ring substituents is 1. The minimum absolute atomic E-state index is 0.0362. The topological polar surface area (TPSA) is 84.3 Å². The van der Waals surface area contributed by atoms with E-state index in [-0.39, 0.29) is 17.3 Å². The van der Waals surface area contributed by atoms with Crippen molar-refractivity contribution in [1.82, 2.24) is 0 Å². The Morgan fingerprint density at radius 3 is 2.13 bits per heavy atom. The van der Waals surface area contributed by atoms with Crippen LogP contribution in [0.2, 0.25) is 0 Å². The van der Waals surface area contributed by atoms with E-state index in [1.807, 2.05) is 5.32 Å². The van der Waals surface area contributed by atoms with Crippen LogP contribution in [0.25, 0.3) is 0 Å². The summed E-state index contributed by atoms with van der Waals surface area (Å²) in [4.78, 5) is 22.0. The molecule has 6 nitrogen and oxygen atoms in total. The molecule has 0 aliphatic rings. The zero-order valence-electron chi connectivity index (χ0n) is 15.5. The predicted molar refractivity (Wildman–Crippen MR) is 96.0 cm³/mol. The number of hydrogen-bond donors (Lipinski definition) is 2. The highest BCUT2D eigenvalue weighted by atomic mass is 19.4. The highest BCUT2D eigenvalue weighted by Crippen LogP contribution is 2.37. The van der Waals surface area contributed by atoms with Gasteiger partial charge in [-0.25, -0.2) is 0 Å². The Morgan fingerprint density at radius 2 is 1.60 bits per heavy atom. The van der Waals surface area contributed by atoms with E-state index in [0.717, 1.165) is 18.2 Å². The van der Waals surface area contributed by atoms with Crippen LogP contribution in [-0.4, -0.2) is 16.9 Å². The molecule has 2 aromatic rings. The predicted octanol–water partition coefficient (Wildman–Crippen LogP) is 5.38. The van der Waals surface area contributed by atoms with Crippen molar-refractivity contribution in [1.29, 1.82) is 0 Å². The molecule has 2 rings (SSSR count). The molecule has 0 bridgehead atoms. The molecule has 0 aliphatic carbocycles. The number of rotatable bonds is 5. The lowest BCUT2D eigenvalue weighted by molar-refractivity contribution is -0.385. The molecule has 162 valence electrons. The molecule has 0 aliphatic heterocycles. The maximum atomic E-state index is 13.2. The van der Waals surface area contributed by atoms with E-state index in [1.165, 1.54) is 26.0 Å². The molecule has 0 saturated heterocycles. The van der Waals surface area contributed by atoms with Gasteiger partial charge >= 0.3 is 12.4 Å². The quantitative estimate of drug-likeness (QED) is 0.375. The van der Waals surface area contributed by atoms with Gasteiger partial charge in [-0.15, -0.1) is 0 Å². The lowest BCUT2D eigenvalue weighted by atomic mass is 10.1. The fourth-order valence-electron chi connectivity index (χ4n) is 2.56. The number of benzene rings is 2. The van der Waals surface area contributed by atoms with Crippen molar-refractivity contribution in [2.75, 3.05) is 10.6 Å². The van der Waals surface area contributed by atoms with E-state index in [9.17, 15) is 41.3 Å². The summed E-state index contributed by atoms with van der Waals surface area (Å²) < 4.78 is 78.6. The SMILES string of the molecule is Cc1ccc(NC(C)C(=O)Nc2ccc([N+](=O)[O-])cc2C(F)(F)F)cc1C(F)(F)F. The second-order valence-corrected chi connectivity index (χ2v) is 6.37. The number of anilines is 2. The van der Waals surface area contributed by atoms with Crippen LogP contribution in [0.4, 0.5) is 43.4 Å². The fraction of sp³-hybridized carbons (Fsp3) is 0.278. The molecule has 12 heteroatoms. The fourth-order valence-corrected chi connectivity index (χ4v) is 2.56. The first-order valence-corrected chi connectivity index (χ1v) is 8.31. The number of non-ortho nitro benzene ring substituents is 1. The van der Waals surface area contributed by atoms with E-state index in [0.29, 0.717) is 0 Å². The Kier molecular flexibility index (Phi) is 6.28. The zero-order chi connectivity index (χ0) is 22.9. The maximum absolute atomic E-state index is 13.2. The molecule has 0 aromatic heterocycles. The summed E-state index contributed by atoms with van der Waals surface area (Å²) in [6.45, 7) is 2.50. The van der Waals surface area contributed by atoms with Gasteiger partial charge in [0.2, 0.25) is 5.91 Å². The lowest BCUT2D eigenvalue weighted by Crippen LogP contribution is -2.32. The molecule has 30 heavy (non-hydrogen) atoms. The molecule has 0 spiro atoms. The van der Waals surface area contributed by atoms with Gasteiger partial charge in [0.25, 0.3) is 5.69 Å². The zero-order valence-corrected chi connectivity index (χ0v) is 15.5. The number of nitrogens with zero attached hydrogens (tertiary/aromatic N) is 1. The molecule has 1 unspecified atom stereocenters. The Balaban J connectivity index is 2.24. The van der Waals surface area contributed by atoms with Gasteiger partial charge in [0.1, 0.15) is 6.04 Å². The van der Waals surface area contributed by atoms with E-state index >= 15 is 0 Å². The normalized spacial score (nSPS) is 12.9. The van der Waals surface area contributed by atoms with Gasteiger partial charge in [0, 0.05) is 17.8 Å². The van der Waals surface area contributed by atoms with Crippen LogP contribution in [-0.2, 0) is 17.1 Å². The van der Waals surface area contributed by atoms with Gasteiger partial charge in [-0.2, -0.15) is 26.3 Å². The minimum atomic E-state index is -4.98. The number of aryl methyl sites for hydroxylation is 1. The summed E-state index contributed by atoms with van der Waals surface area (Å²) in [5, 5.41) is 15.2. The number of carbonyl (C=O) groups is 1. The third kappa shape index (κ3) is 5.39. The molecule has 0 saturated carbocycles. The third-order valence-corrected chi connectivity index (χ3v) is 4.10. The van der Waals surface area contributed by atoms with Crippen molar-refractivity contribution in [3.8, 4) is 0 Å². The molecule has 0 heterocycles. The highest BCUT2D eigenvalue weighted by molar-refractivity contribution is 5.97. The average Bonchev–Trinajstić information content (AvgIpc) is 2.61. The molecular formula is C18H15F6N3O3. The van der Waals surface area contributed by atoms with Crippen LogP contribution in [0.1, 0.15) is 23.6 Å². The van der Waals surface area contributed by atoms with E-state index in [2.05, 4.69) is 5.32 Å². The van der Waals surface area contributed by atoms with Crippen LogP contribution in [0.5, 0.6) is 0 Å². The maximum Gasteiger partial charge on any atom is 0.418 e. The number of amides is 1. The molecular weight excluding hydrogens is 420 g/mol. The van der Waals surface area contributed by atoms with Crippen LogP contribution >= 0.6 is 0 Å². The molecule has 1 atom stereocenters. The standard InChI is InChI=1S/C18H15F6N3O3/c1-9-3-4-11(7-13(9)17(19,20)21)25-10(2)16(28)26-15-6-5-12(27(29)30)8-14(15)18(22,23)24/h3-8,10,25H,1-2H3,(H,26,28). The van der Waals surface area contributed by atoms with Gasteiger partial charge < -0.3 is 10.6 Å². The van der Waals surface area contributed by atoms with Crippen LogP contribution in [0, 0.1) is 17.0 Å². The van der Waals surface area contributed by atoms with Crippen molar-refractivity contribution in [3.05, 3.63) is 63.2 Å². The third-order valence-electron chi connectivity index (χ3n) is 4.10. The molecule has 2 aromatic carbocycles. The summed E-state index contributed by atoms with van der Waals surface area (Å²) in [5.41, 5.74) is -3.97. The van der Waals surface area contributed by atoms with Crippen molar-refractivity contribution in [3.63, 3.8) is 0 Å². The Hall–Kier alpha value is -3.31. The first-order valence-electron chi connectivity index (χ1n) is 8.31. The summed E-state index contributed by atoms with van der Waals surface area (Å²) in [7, 11) is 0. The minimum Gasteiger partial charge on any atom is -0.374 e. The number of nitro groups is 1. The molecule has 0 radical (unpaired) electrons. The summed E-state index contributed by atoms with van der Waals surface area (Å²) in [6, 6.07) is 3.85. The van der Waals surface area contributed by atoms with Crippen molar-refractivity contribution in [2.24, 2.45) is 0 Å². The first-order chi connectivity index (χ1) is 13.7. The second-order valence-electron chi connectivity index (χ2n) is 6.37. The van der Waals surface area contributed by atoms with Crippen molar-refractivity contribution >= 4 is 23.0 Å². The van der Waals surface area contributed by atoms with Gasteiger partial charge in [0.15, 0.2) is 0 Å². The lowest BCUT2D eigenvalue weighted by Gasteiger charge is -2.19. The number of nitrogens with one attached hydrogen (secondary N) is 2. The summed E-state index contributed by atoms with van der Waals surface area (Å²) in [5.74, 6) is -0.983. The Bertz CT molecular complexity index is 973.